The summed E-state index contributed by atoms with van der Waals surface area (Å²) in [5.74, 6) is 0. The third kappa shape index (κ3) is 8.27. The molecule has 7 heteroatoms. The summed E-state index contributed by atoms with van der Waals surface area (Å²) in [4.78, 5) is 0. The van der Waals surface area contributed by atoms with Crippen molar-refractivity contribution in [3.05, 3.63) is 84.1 Å². The van der Waals surface area contributed by atoms with Crippen LogP contribution in [-0.4, -0.2) is 57.7 Å². The van der Waals surface area contributed by atoms with Crippen LogP contribution in [0.3, 0.4) is 0 Å². The summed E-state index contributed by atoms with van der Waals surface area (Å²) >= 11 is 0. The van der Waals surface area contributed by atoms with Crippen LogP contribution in [0, 0.1) is 0 Å². The van der Waals surface area contributed by atoms with Crippen molar-refractivity contribution in [1.29, 1.82) is 0 Å². The van der Waals surface area contributed by atoms with Crippen LogP contribution in [0.2, 0.25) is 16.6 Å². The van der Waals surface area contributed by atoms with E-state index < -0.39 is 38.8 Å². The fraction of sp³-hybridized carbons (Fsp3) is 0.576. The van der Waals surface area contributed by atoms with Gasteiger partial charge in [-0.15, -0.1) is 0 Å². The van der Waals surface area contributed by atoms with Gasteiger partial charge in [0.05, 0.1) is 39.3 Å². The zero-order chi connectivity index (χ0) is 29.1. The summed E-state index contributed by atoms with van der Waals surface area (Å²) in [5.41, 5.74) is 3.42. The average molecular weight is 571 g/mol. The number of methoxy groups -OCH3 is 1. The van der Waals surface area contributed by atoms with Crippen LogP contribution in [-0.2, 0) is 36.6 Å². The molecule has 0 bridgehead atoms. The first-order valence-electron chi connectivity index (χ1n) is 14.7. The lowest BCUT2D eigenvalue weighted by molar-refractivity contribution is -0.256. The van der Waals surface area contributed by atoms with Crippen LogP contribution in [0.5, 0.6) is 0 Å². The van der Waals surface area contributed by atoms with E-state index in [2.05, 4.69) is 41.5 Å². The molecule has 1 N–H and O–H groups in total. The lowest BCUT2D eigenvalue weighted by atomic mass is 9.93. The Morgan fingerprint density at radius 1 is 0.775 bits per heavy atom. The predicted molar refractivity (Wildman–Crippen MR) is 162 cm³/mol. The van der Waals surface area contributed by atoms with Crippen LogP contribution in [0.25, 0.3) is 0 Å². The van der Waals surface area contributed by atoms with Gasteiger partial charge in [0.25, 0.3) is 0 Å². The highest BCUT2D eigenvalue weighted by Gasteiger charge is 2.50. The molecule has 1 aliphatic rings. The summed E-state index contributed by atoms with van der Waals surface area (Å²) in [5, 5.41) is 11.5. The summed E-state index contributed by atoms with van der Waals surface area (Å²) in [6.07, 6.45) is 1.10. The molecule has 0 spiro atoms. The first kappa shape index (κ1) is 32.5. The van der Waals surface area contributed by atoms with Crippen molar-refractivity contribution < 1.29 is 28.5 Å². The van der Waals surface area contributed by atoms with Crippen molar-refractivity contribution in [2.45, 2.75) is 108 Å². The molecule has 0 aromatic heterocycles. The monoisotopic (exact) mass is 570 g/mol. The first-order valence-corrected chi connectivity index (χ1v) is 16.8. The average Bonchev–Trinajstić information content (AvgIpc) is 2.93. The maximum atomic E-state index is 11.5. The second kappa shape index (κ2) is 15.8. The fourth-order valence-corrected chi connectivity index (χ4v) is 11.7. The number of ether oxygens (including phenoxy) is 4. The van der Waals surface area contributed by atoms with Gasteiger partial charge in [-0.25, -0.2) is 0 Å². The molecule has 3 rings (SSSR count). The van der Waals surface area contributed by atoms with Crippen LogP contribution in [0.4, 0.5) is 0 Å². The minimum absolute atomic E-state index is 0.366. The maximum absolute atomic E-state index is 11.5. The lowest BCUT2D eigenvalue weighted by Gasteiger charge is -2.47. The van der Waals surface area contributed by atoms with Gasteiger partial charge in [-0.2, -0.15) is 0 Å². The van der Waals surface area contributed by atoms with Crippen LogP contribution >= 0.6 is 0 Å². The molecular formula is C33H50O6Si. The Balaban J connectivity index is 1.92. The van der Waals surface area contributed by atoms with Gasteiger partial charge < -0.3 is 28.5 Å². The largest absolute Gasteiger partial charge is 0.505 e. The van der Waals surface area contributed by atoms with Crippen molar-refractivity contribution in [1.82, 2.24) is 0 Å². The van der Waals surface area contributed by atoms with E-state index in [1.807, 2.05) is 66.7 Å². The van der Waals surface area contributed by atoms with Crippen molar-refractivity contribution in [3.63, 3.8) is 0 Å². The van der Waals surface area contributed by atoms with E-state index >= 15 is 0 Å². The van der Waals surface area contributed by atoms with Gasteiger partial charge in [-0.3, -0.25) is 0 Å². The molecule has 1 fully saturated rings. The summed E-state index contributed by atoms with van der Waals surface area (Å²) < 4.78 is 31.7. The quantitative estimate of drug-likeness (QED) is 0.183. The van der Waals surface area contributed by atoms with Gasteiger partial charge in [0.1, 0.15) is 24.4 Å². The topological polar surface area (TPSA) is 66.4 Å². The second-order valence-electron chi connectivity index (χ2n) is 11.7. The van der Waals surface area contributed by atoms with Gasteiger partial charge in [-0.05, 0) is 40.2 Å². The van der Waals surface area contributed by atoms with Gasteiger partial charge in [0, 0.05) is 0 Å². The molecule has 0 radical (unpaired) electrons. The Bertz CT molecular complexity index is 975. The SMILES string of the molecule is CO/C=C/C[C@H]1O[C@H](CO[Si](C(C)C)(C(C)C)C(C)C)[C@@H](OCc2ccccc2)[C@H](OCc2ccccc2)[C@H]1O. The zero-order valence-corrected chi connectivity index (χ0v) is 26.4. The molecule has 1 aliphatic heterocycles. The molecule has 6 nitrogen and oxygen atoms in total. The Morgan fingerprint density at radius 2 is 1.27 bits per heavy atom. The Labute approximate surface area is 242 Å². The molecule has 222 valence electrons. The number of hydrogen-bond donors (Lipinski definition) is 1. The van der Waals surface area contributed by atoms with Gasteiger partial charge in [-0.1, -0.05) is 102 Å². The van der Waals surface area contributed by atoms with Crippen LogP contribution < -0.4 is 0 Å². The zero-order valence-electron chi connectivity index (χ0n) is 25.4. The maximum Gasteiger partial charge on any atom is 0.200 e. The van der Waals surface area contributed by atoms with Crippen LogP contribution in [0.15, 0.2) is 73.0 Å². The van der Waals surface area contributed by atoms with Crippen molar-refractivity contribution in [3.8, 4) is 0 Å². The summed E-state index contributed by atoms with van der Waals surface area (Å²) in [6, 6.07) is 20.1. The molecule has 5 atom stereocenters. The van der Waals surface area contributed by atoms with Gasteiger partial charge in [0.15, 0.2) is 8.32 Å². The highest BCUT2D eigenvalue weighted by molar-refractivity contribution is 6.77. The molecule has 40 heavy (non-hydrogen) atoms. The number of aliphatic hydroxyl groups excluding tert-OH is 1. The number of aliphatic hydroxyl groups is 1. The van der Waals surface area contributed by atoms with E-state index in [1.165, 1.54) is 0 Å². The molecule has 0 unspecified atom stereocenters. The van der Waals surface area contributed by atoms with E-state index in [0.29, 0.717) is 42.9 Å². The molecular weight excluding hydrogens is 520 g/mol. The van der Waals surface area contributed by atoms with Gasteiger partial charge in [0.2, 0.25) is 0 Å². The van der Waals surface area contributed by atoms with Gasteiger partial charge >= 0.3 is 0 Å². The van der Waals surface area contributed by atoms with Crippen molar-refractivity contribution in [2.75, 3.05) is 13.7 Å². The Morgan fingerprint density at radius 3 is 1.75 bits per heavy atom. The fourth-order valence-electron chi connectivity index (χ4n) is 6.27. The molecule has 2 aromatic rings. The third-order valence-corrected chi connectivity index (χ3v) is 14.2. The third-order valence-electron chi connectivity index (χ3n) is 8.13. The van der Waals surface area contributed by atoms with E-state index in [9.17, 15) is 5.11 Å². The molecule has 1 heterocycles. The van der Waals surface area contributed by atoms with E-state index in [0.717, 1.165) is 11.1 Å². The first-order chi connectivity index (χ1) is 19.2. The Hall–Kier alpha value is -2.00. The summed E-state index contributed by atoms with van der Waals surface area (Å²) in [7, 11) is -0.555. The standard InChI is InChI=1S/C33H50O6Si/c1-24(2)40(25(3)4,26(5)6)38-23-30-32(36-21-27-15-10-8-11-16-27)33(37-22-28-17-12-9-13-18-28)31(34)29(39-30)19-14-20-35-7/h8-18,20,24-26,29-34H,19,21-23H2,1-7H3/b20-14+/t29-,30-,31+,32-,33-/m1/s1. The molecule has 2 aromatic carbocycles. The number of rotatable bonds is 15. The second-order valence-corrected chi connectivity index (χ2v) is 17.2. The summed E-state index contributed by atoms with van der Waals surface area (Å²) in [6.45, 7) is 14.8. The number of benzene rings is 2. The highest BCUT2D eigenvalue weighted by atomic mass is 28.4. The molecule has 0 aliphatic carbocycles. The number of hydrogen-bond acceptors (Lipinski definition) is 6. The van der Waals surface area contributed by atoms with E-state index in [1.54, 1.807) is 13.4 Å². The van der Waals surface area contributed by atoms with E-state index in [4.69, 9.17) is 23.4 Å². The Kier molecular flexibility index (Phi) is 12.9. The molecule has 0 amide bonds. The minimum Gasteiger partial charge on any atom is -0.505 e. The molecule has 1 saturated heterocycles. The lowest BCUT2D eigenvalue weighted by Crippen LogP contribution is -2.61. The van der Waals surface area contributed by atoms with E-state index in [-0.39, 0.29) is 0 Å². The highest BCUT2D eigenvalue weighted by Crippen LogP contribution is 2.43. The van der Waals surface area contributed by atoms with Crippen molar-refractivity contribution >= 4 is 8.32 Å². The van der Waals surface area contributed by atoms with Crippen LogP contribution in [0.1, 0.15) is 59.1 Å². The molecule has 0 saturated carbocycles. The smallest absolute Gasteiger partial charge is 0.200 e. The van der Waals surface area contributed by atoms with Crippen molar-refractivity contribution in [2.24, 2.45) is 0 Å². The predicted octanol–water partition coefficient (Wildman–Crippen LogP) is 7.03. The minimum atomic E-state index is -2.16. The normalized spacial score (nSPS) is 23.9.